The highest BCUT2D eigenvalue weighted by molar-refractivity contribution is 6.33. The highest BCUT2D eigenvalue weighted by Gasteiger charge is 2.37. The van der Waals surface area contributed by atoms with Gasteiger partial charge in [-0.15, -0.1) is 0 Å². The molecule has 3 aromatic rings. The highest BCUT2D eigenvalue weighted by atomic mass is 16.5. The Morgan fingerprint density at radius 2 is 1.61 bits per heavy atom. The third kappa shape index (κ3) is 3.24. The Bertz CT molecular complexity index is 1330. The first-order valence-electron chi connectivity index (χ1n) is 11.2. The van der Waals surface area contributed by atoms with Crippen molar-refractivity contribution in [3.8, 4) is 11.5 Å². The van der Waals surface area contributed by atoms with E-state index < -0.39 is 5.78 Å². The van der Waals surface area contributed by atoms with E-state index in [0.717, 1.165) is 12.0 Å². The number of nitrogens with zero attached hydrogens (tertiary/aromatic N) is 1. The van der Waals surface area contributed by atoms with Crippen LogP contribution < -0.4 is 0 Å². The van der Waals surface area contributed by atoms with Gasteiger partial charge < -0.3 is 19.8 Å². The topological polar surface area (TPSA) is 87.1 Å². The van der Waals surface area contributed by atoms with Gasteiger partial charge in [-0.3, -0.25) is 9.59 Å². The molecule has 6 nitrogen and oxygen atoms in total. The second-order valence-corrected chi connectivity index (χ2v) is 9.39. The lowest BCUT2D eigenvalue weighted by atomic mass is 9.79. The zero-order valence-corrected chi connectivity index (χ0v) is 19.2. The van der Waals surface area contributed by atoms with Crippen LogP contribution in [0.15, 0.2) is 36.4 Å². The molecule has 170 valence electrons. The van der Waals surface area contributed by atoms with Gasteiger partial charge in [-0.1, -0.05) is 18.2 Å². The fourth-order valence-electron chi connectivity index (χ4n) is 5.45. The molecular weight excluding hydrogens is 418 g/mol. The minimum absolute atomic E-state index is 0.0157. The van der Waals surface area contributed by atoms with Crippen LogP contribution in [0.1, 0.15) is 68.8 Å². The summed E-state index contributed by atoms with van der Waals surface area (Å²) < 4.78 is 6.20. The number of hydrogen-bond acceptors (Lipinski definition) is 6. The van der Waals surface area contributed by atoms with Crippen LogP contribution in [0.2, 0.25) is 0 Å². The number of phenolic OH excluding ortho intramolecular Hbond substituents is 2. The number of carbonyl (C=O) groups is 2. The van der Waals surface area contributed by atoms with E-state index in [4.69, 9.17) is 4.74 Å². The zero-order chi connectivity index (χ0) is 23.6. The molecule has 3 aromatic carbocycles. The number of carbonyl (C=O) groups excluding carboxylic acids is 2. The average molecular weight is 446 g/mol. The maximum atomic E-state index is 13.5. The first kappa shape index (κ1) is 21.6. The molecule has 1 heterocycles. The maximum absolute atomic E-state index is 13.5. The zero-order valence-electron chi connectivity index (χ0n) is 19.2. The van der Waals surface area contributed by atoms with Crippen LogP contribution in [-0.2, 0) is 4.74 Å². The fourth-order valence-corrected chi connectivity index (χ4v) is 5.45. The van der Waals surface area contributed by atoms with Crippen molar-refractivity contribution in [2.24, 2.45) is 0 Å². The second-order valence-electron chi connectivity index (χ2n) is 9.39. The van der Waals surface area contributed by atoms with E-state index in [1.165, 1.54) is 0 Å². The molecule has 0 spiro atoms. The van der Waals surface area contributed by atoms with Crippen LogP contribution in [0.25, 0.3) is 10.8 Å². The van der Waals surface area contributed by atoms with Crippen LogP contribution in [0, 0.1) is 6.92 Å². The summed E-state index contributed by atoms with van der Waals surface area (Å²) in [5.74, 6) is -1.02. The number of phenols is 2. The monoisotopic (exact) mass is 445 g/mol. The van der Waals surface area contributed by atoms with Gasteiger partial charge in [0.1, 0.15) is 11.5 Å². The van der Waals surface area contributed by atoms with Crippen LogP contribution >= 0.6 is 0 Å². The van der Waals surface area contributed by atoms with E-state index in [9.17, 15) is 19.8 Å². The summed E-state index contributed by atoms with van der Waals surface area (Å²) in [6, 6.07) is 10.3. The molecule has 3 unspecified atom stereocenters. The molecule has 1 saturated heterocycles. The number of ether oxygens (including phenoxy) is 1. The number of rotatable bonds is 2. The Morgan fingerprint density at radius 1 is 0.939 bits per heavy atom. The molecule has 0 radical (unpaired) electrons. The molecule has 33 heavy (non-hydrogen) atoms. The predicted octanol–water partition coefficient (Wildman–Crippen LogP) is 4.51. The number of likely N-dealkylation sites (N-methyl/N-ethyl adjacent to an activating group) is 1. The van der Waals surface area contributed by atoms with E-state index in [2.05, 4.69) is 4.90 Å². The number of fused-ring (bicyclic) bond motifs is 4. The third-order valence-corrected chi connectivity index (χ3v) is 7.05. The van der Waals surface area contributed by atoms with Crippen molar-refractivity contribution >= 4 is 22.3 Å². The van der Waals surface area contributed by atoms with Crippen molar-refractivity contribution < 1.29 is 24.5 Å². The minimum atomic E-state index is -0.421. The van der Waals surface area contributed by atoms with Gasteiger partial charge in [0.2, 0.25) is 0 Å². The normalized spacial score (nSPS) is 22.5. The molecule has 3 atom stereocenters. The largest absolute Gasteiger partial charge is 0.507 e. The van der Waals surface area contributed by atoms with E-state index in [-0.39, 0.29) is 57.8 Å². The lowest BCUT2D eigenvalue weighted by Crippen LogP contribution is -2.43. The minimum Gasteiger partial charge on any atom is -0.507 e. The van der Waals surface area contributed by atoms with Crippen LogP contribution in [0.3, 0.4) is 0 Å². The SMILES string of the molecule is Cc1cc(O)c2c3c(ccc2c1)C(=O)c1c(ccc(C2CCC(N(C)C)C(C)O2)c1O)C3=O. The van der Waals surface area contributed by atoms with Crippen LogP contribution in [0.4, 0.5) is 0 Å². The smallest absolute Gasteiger partial charge is 0.198 e. The lowest BCUT2D eigenvalue weighted by molar-refractivity contribution is -0.0830. The van der Waals surface area contributed by atoms with Gasteiger partial charge in [0.25, 0.3) is 0 Å². The molecule has 0 aromatic heterocycles. The summed E-state index contributed by atoms with van der Waals surface area (Å²) in [4.78, 5) is 29.1. The lowest BCUT2D eigenvalue weighted by Gasteiger charge is -2.38. The molecule has 0 saturated carbocycles. The first-order chi connectivity index (χ1) is 15.7. The predicted molar refractivity (Wildman–Crippen MR) is 125 cm³/mol. The quantitative estimate of drug-likeness (QED) is 0.472. The number of benzene rings is 3. The molecule has 0 amide bonds. The van der Waals surface area contributed by atoms with E-state index in [0.29, 0.717) is 22.8 Å². The van der Waals surface area contributed by atoms with Gasteiger partial charge in [-0.05, 0) is 69.9 Å². The molecular formula is C27H27NO5. The average Bonchev–Trinajstić information content (AvgIpc) is 2.76. The molecule has 2 N–H and O–H groups in total. The summed E-state index contributed by atoms with van der Waals surface area (Å²) in [7, 11) is 4.04. The summed E-state index contributed by atoms with van der Waals surface area (Å²) >= 11 is 0. The molecule has 2 aliphatic rings. The van der Waals surface area contributed by atoms with Crippen molar-refractivity contribution in [2.45, 2.75) is 44.9 Å². The van der Waals surface area contributed by atoms with Crippen molar-refractivity contribution in [1.29, 1.82) is 0 Å². The number of aryl methyl sites for hydroxylation is 1. The van der Waals surface area contributed by atoms with Crippen LogP contribution in [0.5, 0.6) is 11.5 Å². The van der Waals surface area contributed by atoms with Crippen molar-refractivity contribution in [3.63, 3.8) is 0 Å². The Hall–Kier alpha value is -3.22. The van der Waals surface area contributed by atoms with Crippen LogP contribution in [-0.4, -0.2) is 52.9 Å². The number of ketones is 2. The number of hydrogen-bond donors (Lipinski definition) is 2. The molecule has 1 fully saturated rings. The highest BCUT2D eigenvalue weighted by Crippen LogP contribution is 2.44. The molecule has 1 aliphatic heterocycles. The van der Waals surface area contributed by atoms with Gasteiger partial charge in [0, 0.05) is 33.7 Å². The van der Waals surface area contributed by atoms with Crippen molar-refractivity contribution in [1.82, 2.24) is 4.90 Å². The molecule has 5 rings (SSSR count). The number of aromatic hydroxyl groups is 2. The summed E-state index contributed by atoms with van der Waals surface area (Å²) in [6.07, 6.45) is 1.21. The Labute approximate surface area is 192 Å². The van der Waals surface area contributed by atoms with Crippen molar-refractivity contribution in [2.75, 3.05) is 14.1 Å². The third-order valence-electron chi connectivity index (χ3n) is 7.05. The Kier molecular flexibility index (Phi) is 5.03. The van der Waals surface area contributed by atoms with Gasteiger partial charge in [0.05, 0.1) is 17.8 Å². The van der Waals surface area contributed by atoms with E-state index in [1.54, 1.807) is 30.3 Å². The molecule has 1 aliphatic carbocycles. The van der Waals surface area contributed by atoms with E-state index >= 15 is 0 Å². The summed E-state index contributed by atoms with van der Waals surface area (Å²) in [6.45, 7) is 3.87. The van der Waals surface area contributed by atoms with E-state index in [1.807, 2.05) is 34.0 Å². The second kappa shape index (κ2) is 7.68. The van der Waals surface area contributed by atoms with Gasteiger partial charge in [-0.25, -0.2) is 0 Å². The maximum Gasteiger partial charge on any atom is 0.198 e. The molecule has 0 bridgehead atoms. The Balaban J connectivity index is 1.61. The first-order valence-corrected chi connectivity index (χ1v) is 11.2. The fraction of sp³-hybridized carbons (Fsp3) is 0.333. The standard InChI is InChI=1S/C27H27NO5/c1-13-11-15-5-6-17-23(22(15)20(29)12-13)26(31)18-8-7-16(25(30)24(18)27(17)32)21-10-9-19(28(3)4)14(2)33-21/h5-8,11-12,14,19,21,29-30H,9-10H2,1-4H3. The summed E-state index contributed by atoms with van der Waals surface area (Å²) in [5, 5.41) is 22.8. The van der Waals surface area contributed by atoms with Crippen molar-refractivity contribution in [3.05, 3.63) is 69.8 Å². The van der Waals surface area contributed by atoms with Gasteiger partial charge in [0.15, 0.2) is 11.6 Å². The van der Waals surface area contributed by atoms with Gasteiger partial charge >= 0.3 is 0 Å². The summed E-state index contributed by atoms with van der Waals surface area (Å²) in [5.41, 5.74) is 1.93. The van der Waals surface area contributed by atoms with Gasteiger partial charge in [-0.2, -0.15) is 0 Å². The Morgan fingerprint density at radius 3 is 2.30 bits per heavy atom. The molecule has 6 heteroatoms.